The molecule has 0 aliphatic heterocycles. The minimum Gasteiger partial charge on any atom is -0.497 e. The molecule has 0 aliphatic carbocycles. The van der Waals surface area contributed by atoms with Crippen LogP contribution in [0, 0.1) is 6.92 Å². The molecular formula is C20H28IN3O2. The molecule has 0 bridgehead atoms. The van der Waals surface area contributed by atoms with Crippen LogP contribution < -0.4 is 20.1 Å². The zero-order valence-corrected chi connectivity index (χ0v) is 18.1. The van der Waals surface area contributed by atoms with Gasteiger partial charge in [-0.2, -0.15) is 0 Å². The Morgan fingerprint density at radius 2 is 1.88 bits per heavy atom. The number of para-hydroxylation sites is 1. The van der Waals surface area contributed by atoms with Gasteiger partial charge in [0.05, 0.1) is 13.7 Å². The van der Waals surface area contributed by atoms with E-state index in [1.807, 2.05) is 62.4 Å². The molecular weight excluding hydrogens is 441 g/mol. The quantitative estimate of drug-likeness (QED) is 0.369. The van der Waals surface area contributed by atoms with Crippen molar-refractivity contribution >= 4 is 29.9 Å². The summed E-state index contributed by atoms with van der Waals surface area (Å²) in [5.41, 5.74) is 2.27. The number of rotatable bonds is 7. The summed E-state index contributed by atoms with van der Waals surface area (Å²) >= 11 is 0. The Bertz CT molecular complexity index is 707. The summed E-state index contributed by atoms with van der Waals surface area (Å²) in [5.74, 6) is 2.50. The van der Waals surface area contributed by atoms with Gasteiger partial charge in [-0.05, 0) is 43.2 Å². The van der Waals surface area contributed by atoms with Crippen molar-refractivity contribution in [3.63, 3.8) is 0 Å². The highest BCUT2D eigenvalue weighted by molar-refractivity contribution is 14.0. The summed E-state index contributed by atoms with van der Waals surface area (Å²) in [7, 11) is 3.43. The van der Waals surface area contributed by atoms with Crippen LogP contribution in [0.25, 0.3) is 0 Å². The van der Waals surface area contributed by atoms with Gasteiger partial charge in [0, 0.05) is 13.6 Å². The monoisotopic (exact) mass is 469 g/mol. The van der Waals surface area contributed by atoms with Crippen LogP contribution in [0.3, 0.4) is 0 Å². The minimum absolute atomic E-state index is 0. The Labute approximate surface area is 173 Å². The van der Waals surface area contributed by atoms with Gasteiger partial charge in [0.1, 0.15) is 17.6 Å². The average Bonchev–Trinajstić information content (AvgIpc) is 2.64. The third kappa shape index (κ3) is 7.11. The topological polar surface area (TPSA) is 54.9 Å². The van der Waals surface area contributed by atoms with Gasteiger partial charge in [-0.25, -0.2) is 0 Å². The van der Waals surface area contributed by atoms with Gasteiger partial charge >= 0.3 is 0 Å². The maximum Gasteiger partial charge on any atom is 0.191 e. The first kappa shape index (κ1) is 22.1. The van der Waals surface area contributed by atoms with Crippen molar-refractivity contribution in [3.05, 3.63) is 59.7 Å². The van der Waals surface area contributed by atoms with E-state index >= 15 is 0 Å². The lowest BCUT2D eigenvalue weighted by Crippen LogP contribution is -2.41. The molecule has 0 amide bonds. The molecule has 0 saturated carbocycles. The van der Waals surface area contributed by atoms with E-state index in [4.69, 9.17) is 9.47 Å². The second-order valence-corrected chi connectivity index (χ2v) is 5.85. The zero-order valence-electron chi connectivity index (χ0n) is 15.8. The molecule has 26 heavy (non-hydrogen) atoms. The van der Waals surface area contributed by atoms with E-state index in [0.717, 1.165) is 28.6 Å². The van der Waals surface area contributed by atoms with Crippen LogP contribution in [0.4, 0.5) is 0 Å². The predicted octanol–water partition coefficient (Wildman–Crippen LogP) is 3.75. The predicted molar refractivity (Wildman–Crippen MR) is 118 cm³/mol. The molecule has 2 aromatic carbocycles. The summed E-state index contributed by atoms with van der Waals surface area (Å²) in [6, 6.07) is 16.0. The van der Waals surface area contributed by atoms with Gasteiger partial charge in [0.25, 0.3) is 0 Å². The van der Waals surface area contributed by atoms with Crippen molar-refractivity contribution in [1.82, 2.24) is 10.6 Å². The molecule has 2 aromatic rings. The number of halogens is 1. The Morgan fingerprint density at radius 3 is 2.58 bits per heavy atom. The second kappa shape index (κ2) is 11.6. The fraction of sp³-hybridized carbons (Fsp3) is 0.350. The lowest BCUT2D eigenvalue weighted by atomic mass is 10.2. The van der Waals surface area contributed by atoms with Crippen LogP contribution in [-0.4, -0.2) is 32.8 Å². The summed E-state index contributed by atoms with van der Waals surface area (Å²) in [6.07, 6.45) is 0.0245. The first-order chi connectivity index (χ1) is 12.1. The lowest BCUT2D eigenvalue weighted by molar-refractivity contribution is 0.222. The fourth-order valence-electron chi connectivity index (χ4n) is 2.38. The molecule has 142 valence electrons. The third-order valence-electron chi connectivity index (χ3n) is 3.80. The second-order valence-electron chi connectivity index (χ2n) is 5.85. The van der Waals surface area contributed by atoms with Crippen molar-refractivity contribution in [2.24, 2.45) is 4.99 Å². The molecule has 0 heterocycles. The summed E-state index contributed by atoms with van der Waals surface area (Å²) in [4.78, 5) is 4.25. The first-order valence-corrected chi connectivity index (χ1v) is 8.42. The summed E-state index contributed by atoms with van der Waals surface area (Å²) < 4.78 is 11.2. The number of aryl methyl sites for hydroxylation is 1. The number of hydrogen-bond donors (Lipinski definition) is 2. The number of nitrogens with one attached hydrogen (secondary N) is 2. The largest absolute Gasteiger partial charge is 0.497 e. The molecule has 0 aromatic heterocycles. The highest BCUT2D eigenvalue weighted by Crippen LogP contribution is 2.17. The summed E-state index contributed by atoms with van der Waals surface area (Å²) in [5, 5.41) is 6.59. The molecule has 5 nitrogen and oxygen atoms in total. The van der Waals surface area contributed by atoms with Crippen molar-refractivity contribution in [2.45, 2.75) is 26.5 Å². The maximum absolute atomic E-state index is 5.97. The molecule has 0 saturated heterocycles. The Kier molecular flexibility index (Phi) is 9.87. The molecule has 1 atom stereocenters. The van der Waals surface area contributed by atoms with Crippen LogP contribution in [0.5, 0.6) is 11.5 Å². The number of nitrogens with zero attached hydrogens (tertiary/aromatic N) is 1. The highest BCUT2D eigenvalue weighted by Gasteiger charge is 2.07. The highest BCUT2D eigenvalue weighted by atomic mass is 127. The van der Waals surface area contributed by atoms with Gasteiger partial charge in [0.15, 0.2) is 5.96 Å². The van der Waals surface area contributed by atoms with Gasteiger partial charge < -0.3 is 20.1 Å². The van der Waals surface area contributed by atoms with Crippen molar-refractivity contribution in [3.8, 4) is 11.5 Å². The van der Waals surface area contributed by atoms with Gasteiger partial charge in [-0.3, -0.25) is 4.99 Å². The molecule has 2 rings (SSSR count). The molecule has 0 spiro atoms. The number of aliphatic imine (C=N–C) groups is 1. The van der Waals surface area contributed by atoms with Gasteiger partial charge in [-0.15, -0.1) is 24.0 Å². The number of methoxy groups -OCH3 is 1. The smallest absolute Gasteiger partial charge is 0.191 e. The number of ether oxygens (including phenoxy) is 2. The number of hydrogen-bond acceptors (Lipinski definition) is 3. The van der Waals surface area contributed by atoms with E-state index in [9.17, 15) is 0 Å². The third-order valence-corrected chi connectivity index (χ3v) is 3.80. The average molecular weight is 469 g/mol. The van der Waals surface area contributed by atoms with E-state index in [1.165, 1.54) is 0 Å². The fourth-order valence-corrected chi connectivity index (χ4v) is 2.38. The van der Waals surface area contributed by atoms with Crippen molar-refractivity contribution in [1.29, 1.82) is 0 Å². The number of guanidine groups is 1. The molecule has 2 N–H and O–H groups in total. The van der Waals surface area contributed by atoms with Crippen LogP contribution in [0.2, 0.25) is 0 Å². The SMILES string of the molecule is CN=C(NCc1cccc(OC)c1)NCC(C)Oc1ccccc1C.I. The van der Waals surface area contributed by atoms with Crippen LogP contribution in [0.15, 0.2) is 53.5 Å². The minimum atomic E-state index is 0. The normalized spacial score (nSPS) is 11.9. The van der Waals surface area contributed by atoms with Gasteiger partial charge in [0.2, 0.25) is 0 Å². The van der Waals surface area contributed by atoms with E-state index < -0.39 is 0 Å². The van der Waals surface area contributed by atoms with E-state index in [1.54, 1.807) is 14.2 Å². The molecule has 1 unspecified atom stereocenters. The van der Waals surface area contributed by atoms with Crippen LogP contribution in [-0.2, 0) is 6.54 Å². The van der Waals surface area contributed by atoms with Gasteiger partial charge in [-0.1, -0.05) is 30.3 Å². The molecule has 0 radical (unpaired) electrons. The van der Waals surface area contributed by atoms with E-state index in [-0.39, 0.29) is 30.1 Å². The molecule has 0 fully saturated rings. The Balaban J connectivity index is 0.00000338. The molecule has 0 aliphatic rings. The Hall–Kier alpha value is -1.96. The van der Waals surface area contributed by atoms with E-state index in [2.05, 4.69) is 15.6 Å². The summed E-state index contributed by atoms with van der Waals surface area (Å²) in [6.45, 7) is 5.41. The van der Waals surface area contributed by atoms with E-state index in [0.29, 0.717) is 13.1 Å². The van der Waals surface area contributed by atoms with Crippen LogP contribution in [0.1, 0.15) is 18.1 Å². The van der Waals surface area contributed by atoms with Crippen LogP contribution >= 0.6 is 24.0 Å². The lowest BCUT2D eigenvalue weighted by Gasteiger charge is -2.19. The maximum atomic E-state index is 5.97. The van der Waals surface area contributed by atoms with Crippen molar-refractivity contribution < 1.29 is 9.47 Å². The first-order valence-electron chi connectivity index (χ1n) is 8.42. The number of benzene rings is 2. The Morgan fingerprint density at radius 1 is 1.12 bits per heavy atom. The standard InChI is InChI=1S/C20H27N3O2.HI/c1-15-8-5-6-11-19(15)25-16(2)13-22-20(21-3)23-14-17-9-7-10-18(12-17)24-4;/h5-12,16H,13-14H2,1-4H3,(H2,21,22,23);1H. The van der Waals surface area contributed by atoms with Crippen molar-refractivity contribution in [2.75, 3.05) is 20.7 Å². The zero-order chi connectivity index (χ0) is 18.1. The molecule has 6 heteroatoms.